The summed E-state index contributed by atoms with van der Waals surface area (Å²) in [6.45, 7) is 6.36. The second-order valence-electron chi connectivity index (χ2n) is 6.72. The summed E-state index contributed by atoms with van der Waals surface area (Å²) in [5, 5.41) is 0. The van der Waals surface area contributed by atoms with E-state index in [0.717, 1.165) is 12.8 Å². The highest BCUT2D eigenvalue weighted by molar-refractivity contribution is 7.89. The van der Waals surface area contributed by atoms with Crippen LogP contribution in [-0.2, 0) is 24.3 Å². The van der Waals surface area contributed by atoms with Gasteiger partial charge in [0.25, 0.3) is 0 Å². The summed E-state index contributed by atoms with van der Waals surface area (Å²) in [4.78, 5) is 12.2. The van der Waals surface area contributed by atoms with Crippen LogP contribution >= 0.6 is 0 Å². The van der Waals surface area contributed by atoms with E-state index in [2.05, 4.69) is 0 Å². The summed E-state index contributed by atoms with van der Waals surface area (Å²) in [6, 6.07) is -0.685. The first kappa shape index (κ1) is 16.7. The summed E-state index contributed by atoms with van der Waals surface area (Å²) in [7, 11) is -3.49. The standard InChI is InChI=1S/C14H25NO5S/c1-14(2,3)20-13(16)12-7-4-8-15(12)21(17,18)10-11-6-5-9-19-11/h11-12H,4-10H2,1-3H3/t11?,12-/m1/s1. The second-order valence-corrected chi connectivity index (χ2v) is 8.68. The minimum atomic E-state index is -3.49. The van der Waals surface area contributed by atoms with Crippen molar-refractivity contribution in [3.05, 3.63) is 0 Å². The van der Waals surface area contributed by atoms with E-state index < -0.39 is 27.6 Å². The fraction of sp³-hybridized carbons (Fsp3) is 0.929. The van der Waals surface area contributed by atoms with Gasteiger partial charge in [0.2, 0.25) is 10.0 Å². The van der Waals surface area contributed by atoms with Crippen molar-refractivity contribution >= 4 is 16.0 Å². The molecule has 2 saturated heterocycles. The number of hydrogen-bond acceptors (Lipinski definition) is 5. The fourth-order valence-electron chi connectivity index (χ4n) is 2.78. The van der Waals surface area contributed by atoms with Gasteiger partial charge in [0.15, 0.2) is 0 Å². The zero-order valence-electron chi connectivity index (χ0n) is 13.0. The topological polar surface area (TPSA) is 72.9 Å². The van der Waals surface area contributed by atoms with Crippen LogP contribution in [-0.4, -0.2) is 55.3 Å². The van der Waals surface area contributed by atoms with E-state index in [1.807, 2.05) is 0 Å². The third kappa shape index (κ3) is 4.40. The molecule has 7 heteroatoms. The zero-order valence-corrected chi connectivity index (χ0v) is 13.8. The Morgan fingerprint density at radius 1 is 1.29 bits per heavy atom. The lowest BCUT2D eigenvalue weighted by atomic mass is 10.2. The SMILES string of the molecule is CC(C)(C)OC(=O)[C@H]1CCCN1S(=O)(=O)CC1CCCO1. The molecular weight excluding hydrogens is 294 g/mol. The smallest absolute Gasteiger partial charge is 0.324 e. The van der Waals surface area contributed by atoms with Gasteiger partial charge >= 0.3 is 5.97 Å². The Bertz CT molecular complexity index is 476. The molecule has 0 bridgehead atoms. The number of rotatable bonds is 4. The molecule has 0 amide bonds. The number of esters is 1. The van der Waals surface area contributed by atoms with Gasteiger partial charge in [0, 0.05) is 13.2 Å². The molecule has 0 N–H and O–H groups in total. The molecule has 21 heavy (non-hydrogen) atoms. The second kappa shape index (κ2) is 6.22. The third-order valence-electron chi connectivity index (χ3n) is 3.66. The highest BCUT2D eigenvalue weighted by atomic mass is 32.2. The van der Waals surface area contributed by atoms with Crippen LogP contribution in [0.1, 0.15) is 46.5 Å². The molecule has 0 saturated carbocycles. The van der Waals surface area contributed by atoms with Crippen LogP contribution in [0, 0.1) is 0 Å². The Morgan fingerprint density at radius 2 is 2.00 bits per heavy atom. The van der Waals surface area contributed by atoms with E-state index in [9.17, 15) is 13.2 Å². The summed E-state index contributed by atoms with van der Waals surface area (Å²) in [5.74, 6) is -0.484. The molecule has 2 rings (SSSR count). The molecule has 2 atom stereocenters. The van der Waals surface area contributed by atoms with Gasteiger partial charge in [0.05, 0.1) is 11.9 Å². The Kier molecular flexibility index (Phi) is 4.95. The molecular formula is C14H25NO5S. The largest absolute Gasteiger partial charge is 0.459 e. The van der Waals surface area contributed by atoms with E-state index in [4.69, 9.17) is 9.47 Å². The van der Waals surface area contributed by atoms with E-state index in [0.29, 0.717) is 26.0 Å². The predicted octanol–water partition coefficient (Wildman–Crippen LogP) is 1.30. The van der Waals surface area contributed by atoms with E-state index in [-0.39, 0.29) is 11.9 Å². The average molecular weight is 319 g/mol. The first-order valence-corrected chi connectivity index (χ1v) is 9.14. The highest BCUT2D eigenvalue weighted by Crippen LogP contribution is 2.26. The van der Waals surface area contributed by atoms with Gasteiger partial charge in [0.1, 0.15) is 11.6 Å². The molecule has 2 heterocycles. The molecule has 2 aliphatic rings. The zero-order chi connectivity index (χ0) is 15.7. The molecule has 2 fully saturated rings. The van der Waals surface area contributed by atoms with Crippen LogP contribution in [0.25, 0.3) is 0 Å². The van der Waals surface area contributed by atoms with Crippen molar-refractivity contribution in [2.45, 2.75) is 64.2 Å². The van der Waals surface area contributed by atoms with Gasteiger partial charge < -0.3 is 9.47 Å². The van der Waals surface area contributed by atoms with Crippen molar-refractivity contribution < 1.29 is 22.7 Å². The van der Waals surface area contributed by atoms with Crippen molar-refractivity contribution in [1.29, 1.82) is 0 Å². The van der Waals surface area contributed by atoms with E-state index >= 15 is 0 Å². The number of carbonyl (C=O) groups excluding carboxylic acids is 1. The Morgan fingerprint density at radius 3 is 2.57 bits per heavy atom. The van der Waals surface area contributed by atoms with Crippen LogP contribution in [0.5, 0.6) is 0 Å². The van der Waals surface area contributed by atoms with Crippen molar-refractivity contribution in [1.82, 2.24) is 4.31 Å². The van der Waals surface area contributed by atoms with Gasteiger partial charge in [-0.3, -0.25) is 4.79 Å². The lowest BCUT2D eigenvalue weighted by Gasteiger charge is -2.27. The van der Waals surface area contributed by atoms with E-state index in [1.165, 1.54) is 4.31 Å². The van der Waals surface area contributed by atoms with Crippen LogP contribution in [0.15, 0.2) is 0 Å². The van der Waals surface area contributed by atoms with Gasteiger partial charge in [-0.25, -0.2) is 8.42 Å². The molecule has 2 aliphatic heterocycles. The number of nitrogens with zero attached hydrogens (tertiary/aromatic N) is 1. The Balaban J connectivity index is 2.04. The van der Waals surface area contributed by atoms with Crippen LogP contribution in [0.4, 0.5) is 0 Å². The quantitative estimate of drug-likeness (QED) is 0.730. The normalized spacial score (nSPS) is 28.0. The summed E-state index contributed by atoms with van der Waals surface area (Å²) >= 11 is 0. The van der Waals surface area contributed by atoms with Crippen molar-refractivity contribution in [2.75, 3.05) is 18.9 Å². The summed E-state index contributed by atoms with van der Waals surface area (Å²) in [5.41, 5.74) is -0.607. The van der Waals surface area contributed by atoms with Crippen molar-refractivity contribution in [3.63, 3.8) is 0 Å². The van der Waals surface area contributed by atoms with Gasteiger partial charge in [-0.15, -0.1) is 0 Å². The minimum absolute atomic E-state index is 0.0354. The number of hydrogen-bond donors (Lipinski definition) is 0. The maximum atomic E-state index is 12.5. The molecule has 0 aromatic carbocycles. The van der Waals surface area contributed by atoms with Gasteiger partial charge in [-0.2, -0.15) is 4.31 Å². The Hall–Kier alpha value is -0.660. The molecule has 0 aromatic heterocycles. The monoisotopic (exact) mass is 319 g/mol. The lowest BCUT2D eigenvalue weighted by Crippen LogP contribution is -2.45. The summed E-state index contributed by atoms with van der Waals surface area (Å²) in [6.07, 6.45) is 2.64. The predicted molar refractivity (Wildman–Crippen MR) is 78.3 cm³/mol. The molecule has 0 radical (unpaired) electrons. The molecule has 0 spiro atoms. The lowest BCUT2D eigenvalue weighted by molar-refractivity contribution is -0.158. The van der Waals surface area contributed by atoms with Gasteiger partial charge in [-0.05, 0) is 46.5 Å². The fourth-order valence-corrected chi connectivity index (χ4v) is 4.70. The van der Waals surface area contributed by atoms with Gasteiger partial charge in [-0.1, -0.05) is 0 Å². The first-order chi connectivity index (χ1) is 9.69. The van der Waals surface area contributed by atoms with Crippen LogP contribution in [0.2, 0.25) is 0 Å². The molecule has 122 valence electrons. The maximum absolute atomic E-state index is 12.5. The third-order valence-corrected chi connectivity index (χ3v) is 5.61. The highest BCUT2D eigenvalue weighted by Gasteiger charge is 2.41. The molecule has 6 nitrogen and oxygen atoms in total. The van der Waals surface area contributed by atoms with Crippen molar-refractivity contribution in [3.8, 4) is 0 Å². The maximum Gasteiger partial charge on any atom is 0.324 e. The van der Waals surface area contributed by atoms with Crippen molar-refractivity contribution in [2.24, 2.45) is 0 Å². The van der Waals surface area contributed by atoms with Crippen LogP contribution in [0.3, 0.4) is 0 Å². The summed E-state index contributed by atoms with van der Waals surface area (Å²) < 4.78 is 37.1. The molecule has 0 aliphatic carbocycles. The number of carbonyl (C=O) groups is 1. The Labute approximate surface area is 126 Å². The van der Waals surface area contributed by atoms with E-state index in [1.54, 1.807) is 20.8 Å². The number of sulfonamides is 1. The molecule has 1 unspecified atom stereocenters. The minimum Gasteiger partial charge on any atom is -0.459 e. The average Bonchev–Trinajstić information content (AvgIpc) is 2.94. The first-order valence-electron chi connectivity index (χ1n) is 7.53. The number of ether oxygens (including phenoxy) is 2. The molecule has 0 aromatic rings. The van der Waals surface area contributed by atoms with Crippen LogP contribution < -0.4 is 0 Å².